The molecule has 36 heavy (non-hydrogen) atoms. The highest BCUT2D eigenvalue weighted by molar-refractivity contribution is 14.1. The van der Waals surface area contributed by atoms with Crippen LogP contribution >= 0.6 is 22.6 Å². The van der Waals surface area contributed by atoms with Gasteiger partial charge in [-0.15, -0.1) is 0 Å². The van der Waals surface area contributed by atoms with Gasteiger partial charge in [0.25, 0.3) is 0 Å². The molecular weight excluding hydrogens is 585 g/mol. The summed E-state index contributed by atoms with van der Waals surface area (Å²) in [4.78, 5) is 11.9. The normalized spacial score (nSPS) is 23.3. The van der Waals surface area contributed by atoms with Crippen LogP contribution in [0.5, 0.6) is 0 Å². The summed E-state index contributed by atoms with van der Waals surface area (Å²) >= 11 is 2.24. The first-order valence-electron chi connectivity index (χ1n) is 12.3. The minimum atomic E-state index is -4.32. The van der Waals surface area contributed by atoms with E-state index >= 15 is 0 Å². The molecule has 2 aliphatic heterocycles. The van der Waals surface area contributed by atoms with Gasteiger partial charge in [0.05, 0.1) is 36.8 Å². The van der Waals surface area contributed by atoms with E-state index in [-0.39, 0.29) is 18.8 Å². The fourth-order valence-corrected chi connectivity index (χ4v) is 6.12. The standard InChI is InChI=1S/C26H30F4IN5/c1-16-11-21-20-5-3-17(31)12-23(20)34-24(21)25(36(16)15-26(28,29)30)22-6-4-18(13-32-22)33-19-7-10-35(14-19)9-2-8-27/h3-6,12-13,16,19,25,33-34H,2,7-11,14-15H2,1H3/t16-,19+,25-/m1/s1. The number of alkyl halides is 4. The van der Waals surface area contributed by atoms with Crippen LogP contribution in [-0.4, -0.2) is 70.9 Å². The SMILES string of the molecule is C[C@@H]1Cc2c([nH]c3cc(I)ccc23)[C@@H](c2ccc(N[C@H]3CCN(CCCF)C3)cn2)N1CC(F)(F)F. The Kier molecular flexibility index (Phi) is 7.46. The van der Waals surface area contributed by atoms with Crippen LogP contribution in [0.25, 0.3) is 10.9 Å². The maximum absolute atomic E-state index is 13.6. The number of likely N-dealkylation sites (tertiary alicyclic amines) is 1. The Morgan fingerprint density at radius 1 is 1.22 bits per heavy atom. The fourth-order valence-electron chi connectivity index (χ4n) is 5.63. The minimum Gasteiger partial charge on any atom is -0.380 e. The molecule has 0 spiro atoms. The van der Waals surface area contributed by atoms with Gasteiger partial charge in [-0.1, -0.05) is 6.07 Å². The number of benzene rings is 1. The second-order valence-corrected chi connectivity index (χ2v) is 11.1. The number of rotatable bonds is 7. The molecule has 1 fully saturated rings. The summed E-state index contributed by atoms with van der Waals surface area (Å²) in [5.41, 5.74) is 4.24. The summed E-state index contributed by atoms with van der Waals surface area (Å²) in [6.07, 6.45) is -0.543. The summed E-state index contributed by atoms with van der Waals surface area (Å²) in [5.74, 6) is 0. The van der Waals surface area contributed by atoms with Crippen LogP contribution < -0.4 is 5.32 Å². The molecule has 0 aliphatic carbocycles. The summed E-state index contributed by atoms with van der Waals surface area (Å²) in [6, 6.07) is 9.18. The summed E-state index contributed by atoms with van der Waals surface area (Å²) in [5, 5.41) is 4.54. The van der Waals surface area contributed by atoms with Crippen molar-refractivity contribution in [3.63, 3.8) is 0 Å². The average molecular weight is 615 g/mol. The van der Waals surface area contributed by atoms with Crippen molar-refractivity contribution < 1.29 is 17.6 Å². The van der Waals surface area contributed by atoms with Crippen LogP contribution in [0.2, 0.25) is 0 Å². The third-order valence-electron chi connectivity index (χ3n) is 7.25. The first-order valence-corrected chi connectivity index (χ1v) is 13.4. The highest BCUT2D eigenvalue weighted by Gasteiger charge is 2.42. The predicted molar refractivity (Wildman–Crippen MR) is 142 cm³/mol. The minimum absolute atomic E-state index is 0.247. The molecule has 5 nitrogen and oxygen atoms in total. The Labute approximate surface area is 221 Å². The highest BCUT2D eigenvalue weighted by Crippen LogP contribution is 2.41. The number of nitrogens with one attached hydrogen (secondary N) is 2. The Bertz CT molecular complexity index is 1200. The lowest BCUT2D eigenvalue weighted by atomic mass is 9.90. The Balaban J connectivity index is 1.43. The van der Waals surface area contributed by atoms with Gasteiger partial charge in [-0.3, -0.25) is 14.3 Å². The average Bonchev–Trinajstić information content (AvgIpc) is 3.41. The van der Waals surface area contributed by atoms with Crippen molar-refractivity contribution in [2.75, 3.05) is 38.2 Å². The molecule has 5 rings (SSSR count). The van der Waals surface area contributed by atoms with Crippen molar-refractivity contribution in [2.24, 2.45) is 0 Å². The molecule has 0 unspecified atom stereocenters. The van der Waals surface area contributed by atoms with Crippen molar-refractivity contribution in [3.05, 3.63) is 57.1 Å². The van der Waals surface area contributed by atoms with E-state index in [0.29, 0.717) is 18.5 Å². The molecule has 0 amide bonds. The van der Waals surface area contributed by atoms with Gasteiger partial charge < -0.3 is 15.2 Å². The molecule has 2 aliphatic rings. The van der Waals surface area contributed by atoms with Gasteiger partial charge >= 0.3 is 6.18 Å². The lowest BCUT2D eigenvalue weighted by Gasteiger charge is -2.40. The van der Waals surface area contributed by atoms with Crippen LogP contribution in [-0.2, 0) is 6.42 Å². The Morgan fingerprint density at radius 2 is 2.06 bits per heavy atom. The number of fused-ring (bicyclic) bond motifs is 3. The molecule has 194 valence electrons. The predicted octanol–water partition coefficient (Wildman–Crippen LogP) is 5.91. The van der Waals surface area contributed by atoms with E-state index in [4.69, 9.17) is 0 Å². The summed E-state index contributed by atoms with van der Waals surface area (Å²) in [6.45, 7) is 3.09. The lowest BCUT2D eigenvalue weighted by Crippen LogP contribution is -2.47. The highest BCUT2D eigenvalue weighted by atomic mass is 127. The van der Waals surface area contributed by atoms with Gasteiger partial charge in [-0.25, -0.2) is 0 Å². The molecule has 2 aromatic heterocycles. The summed E-state index contributed by atoms with van der Waals surface area (Å²) < 4.78 is 54.4. The number of H-pyrrole nitrogens is 1. The zero-order chi connectivity index (χ0) is 25.4. The van der Waals surface area contributed by atoms with E-state index in [2.05, 4.69) is 48.8 Å². The molecule has 3 atom stereocenters. The van der Waals surface area contributed by atoms with Gasteiger partial charge in [-0.2, -0.15) is 13.2 Å². The van der Waals surface area contributed by atoms with Crippen molar-refractivity contribution >= 4 is 39.2 Å². The molecule has 10 heteroatoms. The number of aromatic nitrogens is 2. The van der Waals surface area contributed by atoms with Crippen LogP contribution in [0.1, 0.15) is 42.8 Å². The van der Waals surface area contributed by atoms with E-state index in [1.165, 1.54) is 4.90 Å². The molecule has 1 saturated heterocycles. The van der Waals surface area contributed by atoms with Crippen molar-refractivity contribution in [1.82, 2.24) is 19.8 Å². The first-order chi connectivity index (χ1) is 17.2. The van der Waals surface area contributed by atoms with E-state index < -0.39 is 18.8 Å². The number of pyridine rings is 1. The number of hydrogen-bond acceptors (Lipinski definition) is 4. The molecule has 1 aromatic carbocycles. The molecule has 3 aromatic rings. The number of anilines is 1. The zero-order valence-corrected chi connectivity index (χ0v) is 22.2. The van der Waals surface area contributed by atoms with Gasteiger partial charge in [0.2, 0.25) is 0 Å². The Morgan fingerprint density at radius 3 is 2.78 bits per heavy atom. The second-order valence-electron chi connectivity index (χ2n) is 9.90. The largest absolute Gasteiger partial charge is 0.401 e. The molecule has 0 radical (unpaired) electrons. The van der Waals surface area contributed by atoms with E-state index in [1.54, 1.807) is 6.20 Å². The smallest absolute Gasteiger partial charge is 0.380 e. The Hall–Kier alpha value is -1.92. The molecule has 2 N–H and O–H groups in total. The van der Waals surface area contributed by atoms with Crippen LogP contribution in [0.15, 0.2) is 36.5 Å². The first kappa shape index (κ1) is 25.7. The summed E-state index contributed by atoms with van der Waals surface area (Å²) in [7, 11) is 0. The third kappa shape index (κ3) is 5.50. The van der Waals surface area contributed by atoms with Crippen LogP contribution in [0.3, 0.4) is 0 Å². The van der Waals surface area contributed by atoms with Crippen LogP contribution in [0, 0.1) is 3.57 Å². The topological polar surface area (TPSA) is 47.2 Å². The quantitative estimate of drug-likeness (QED) is 0.257. The van der Waals surface area contributed by atoms with E-state index in [0.717, 1.165) is 57.5 Å². The van der Waals surface area contributed by atoms with Crippen LogP contribution in [0.4, 0.5) is 23.2 Å². The van der Waals surface area contributed by atoms with Crippen molar-refractivity contribution in [1.29, 1.82) is 0 Å². The maximum Gasteiger partial charge on any atom is 0.401 e. The van der Waals surface area contributed by atoms with Crippen molar-refractivity contribution in [3.8, 4) is 0 Å². The lowest BCUT2D eigenvalue weighted by molar-refractivity contribution is -0.155. The van der Waals surface area contributed by atoms with Crippen molar-refractivity contribution in [2.45, 2.75) is 50.5 Å². The molecule has 0 bridgehead atoms. The monoisotopic (exact) mass is 615 g/mol. The van der Waals surface area contributed by atoms with Gasteiger partial charge in [0.1, 0.15) is 0 Å². The second kappa shape index (κ2) is 10.4. The number of nitrogens with zero attached hydrogens (tertiary/aromatic N) is 3. The number of aromatic amines is 1. The molecular formula is C26H30F4IN5. The molecule has 0 saturated carbocycles. The van der Waals surface area contributed by atoms with E-state index in [1.807, 2.05) is 31.2 Å². The molecule has 4 heterocycles. The van der Waals surface area contributed by atoms with E-state index in [9.17, 15) is 17.6 Å². The zero-order valence-electron chi connectivity index (χ0n) is 20.1. The number of halogens is 5. The van der Waals surface area contributed by atoms with Gasteiger partial charge in [0, 0.05) is 51.9 Å². The fraction of sp³-hybridized carbons (Fsp3) is 0.500. The van der Waals surface area contributed by atoms with Gasteiger partial charge in [-0.05, 0) is 78.6 Å². The third-order valence-corrected chi connectivity index (χ3v) is 7.92. The van der Waals surface area contributed by atoms with Gasteiger partial charge in [0.15, 0.2) is 0 Å². The number of hydrogen-bond donors (Lipinski definition) is 2. The maximum atomic E-state index is 13.6.